The lowest BCUT2D eigenvalue weighted by Gasteiger charge is -1.91. The Labute approximate surface area is 67.4 Å². The fourth-order valence-electron chi connectivity index (χ4n) is 0.799. The van der Waals surface area contributed by atoms with Crippen LogP contribution < -0.4 is 0 Å². The first-order valence-electron chi connectivity index (χ1n) is 3.01. The van der Waals surface area contributed by atoms with Gasteiger partial charge in [-0.25, -0.2) is 15.0 Å². The van der Waals surface area contributed by atoms with Gasteiger partial charge in [0.05, 0.1) is 12.4 Å². The molecular weight excluding hydrogens is 160 g/mol. The molecule has 54 valence electrons. The molecule has 1 N–H and O–H groups in total. The monoisotopic (exact) mass is 164 g/mol. The summed E-state index contributed by atoms with van der Waals surface area (Å²) in [5.74, 6) is 0. The highest BCUT2D eigenvalue weighted by Gasteiger charge is 1.91. The second-order valence-corrected chi connectivity index (χ2v) is 2.45. The van der Waals surface area contributed by atoms with Crippen LogP contribution in [0.2, 0.25) is 0 Å². The maximum absolute atomic E-state index is 4.87. The van der Waals surface area contributed by atoms with Crippen LogP contribution >= 0.6 is 12.2 Å². The highest BCUT2D eigenvalue weighted by atomic mass is 32.1. The topological polar surface area (TPSA) is 54.5 Å². The van der Waals surface area contributed by atoms with Crippen molar-refractivity contribution < 1.29 is 0 Å². The molecule has 0 aromatic carbocycles. The number of nitrogens with one attached hydrogen (secondary N) is 1. The Kier molecular flexibility index (Phi) is 1.36. The fourth-order valence-corrected chi connectivity index (χ4v) is 0.962. The van der Waals surface area contributed by atoms with Gasteiger partial charge in [-0.1, -0.05) is 12.2 Å². The van der Waals surface area contributed by atoms with Crippen molar-refractivity contribution in [3.05, 3.63) is 23.4 Å². The summed E-state index contributed by atoms with van der Waals surface area (Å²) in [4.78, 5) is 14.7. The number of H-pyrrole nitrogens is 1. The van der Waals surface area contributed by atoms with E-state index in [4.69, 9.17) is 12.2 Å². The SMILES string of the molecule is S=c1cnc2ncncc2[nH]1. The van der Waals surface area contributed by atoms with E-state index in [2.05, 4.69) is 19.9 Å². The third-order valence-electron chi connectivity index (χ3n) is 1.25. The van der Waals surface area contributed by atoms with E-state index >= 15 is 0 Å². The van der Waals surface area contributed by atoms with Crippen LogP contribution in [0.3, 0.4) is 0 Å². The van der Waals surface area contributed by atoms with E-state index < -0.39 is 0 Å². The zero-order valence-corrected chi connectivity index (χ0v) is 6.30. The summed E-state index contributed by atoms with van der Waals surface area (Å²) in [6, 6.07) is 0. The quantitative estimate of drug-likeness (QED) is 0.592. The molecule has 0 spiro atoms. The lowest BCUT2D eigenvalue weighted by Crippen LogP contribution is -1.87. The van der Waals surface area contributed by atoms with E-state index in [1.807, 2.05) is 0 Å². The zero-order chi connectivity index (χ0) is 7.68. The van der Waals surface area contributed by atoms with Crippen LogP contribution in [0.15, 0.2) is 18.7 Å². The first kappa shape index (κ1) is 6.36. The normalized spacial score (nSPS) is 10.2. The van der Waals surface area contributed by atoms with Gasteiger partial charge in [0.25, 0.3) is 0 Å². The molecular formula is C6H4N4S. The first-order chi connectivity index (χ1) is 5.36. The number of nitrogens with zero attached hydrogens (tertiary/aromatic N) is 3. The van der Waals surface area contributed by atoms with E-state index in [1.165, 1.54) is 6.33 Å². The van der Waals surface area contributed by atoms with Gasteiger partial charge in [-0.15, -0.1) is 0 Å². The number of rotatable bonds is 0. The lowest BCUT2D eigenvalue weighted by molar-refractivity contribution is 1.14. The molecule has 0 radical (unpaired) electrons. The van der Waals surface area contributed by atoms with Crippen molar-refractivity contribution in [2.75, 3.05) is 0 Å². The molecule has 0 amide bonds. The average molecular weight is 164 g/mol. The number of fused-ring (bicyclic) bond motifs is 1. The Morgan fingerprint density at radius 2 is 2.18 bits per heavy atom. The molecule has 0 bridgehead atoms. The maximum Gasteiger partial charge on any atom is 0.179 e. The van der Waals surface area contributed by atoms with Gasteiger partial charge in [0.1, 0.15) is 16.5 Å². The molecule has 0 aliphatic carbocycles. The van der Waals surface area contributed by atoms with E-state index in [-0.39, 0.29) is 0 Å². The molecule has 0 saturated carbocycles. The van der Waals surface area contributed by atoms with Gasteiger partial charge in [-0.3, -0.25) is 0 Å². The molecule has 2 aromatic rings. The van der Waals surface area contributed by atoms with Crippen LogP contribution in [0.25, 0.3) is 11.2 Å². The van der Waals surface area contributed by atoms with Gasteiger partial charge in [0, 0.05) is 0 Å². The summed E-state index contributed by atoms with van der Waals surface area (Å²) >= 11 is 4.87. The third-order valence-corrected chi connectivity index (χ3v) is 1.46. The zero-order valence-electron chi connectivity index (χ0n) is 5.48. The Bertz CT molecular complexity index is 436. The Balaban J connectivity index is 2.94. The minimum absolute atomic E-state index is 0.590. The second kappa shape index (κ2) is 2.35. The van der Waals surface area contributed by atoms with Crippen molar-refractivity contribution in [2.45, 2.75) is 0 Å². The second-order valence-electron chi connectivity index (χ2n) is 2.01. The standard InChI is InChI=1S/C6H4N4S/c11-5-2-8-6-4(10-5)1-7-3-9-6/h1-3H,(H,10,11). The van der Waals surface area contributed by atoms with Crippen molar-refractivity contribution in [3.8, 4) is 0 Å². The molecule has 2 rings (SSSR count). The number of aromatic amines is 1. The largest absolute Gasteiger partial charge is 0.341 e. The van der Waals surface area contributed by atoms with Gasteiger partial charge in [0.15, 0.2) is 5.65 Å². The summed E-state index contributed by atoms with van der Waals surface area (Å²) in [6.07, 6.45) is 4.65. The van der Waals surface area contributed by atoms with Gasteiger partial charge >= 0.3 is 0 Å². The summed E-state index contributed by atoms with van der Waals surface area (Å²) in [5, 5.41) is 0. The Morgan fingerprint density at radius 1 is 1.27 bits per heavy atom. The highest BCUT2D eigenvalue weighted by molar-refractivity contribution is 7.71. The third kappa shape index (κ3) is 1.10. The van der Waals surface area contributed by atoms with Gasteiger partial charge in [0.2, 0.25) is 0 Å². The average Bonchev–Trinajstić information content (AvgIpc) is 2.04. The van der Waals surface area contributed by atoms with E-state index in [9.17, 15) is 0 Å². The van der Waals surface area contributed by atoms with Crippen molar-refractivity contribution in [3.63, 3.8) is 0 Å². The Morgan fingerprint density at radius 3 is 3.09 bits per heavy atom. The summed E-state index contributed by atoms with van der Waals surface area (Å²) < 4.78 is 0.590. The molecule has 2 aromatic heterocycles. The minimum atomic E-state index is 0.590. The first-order valence-corrected chi connectivity index (χ1v) is 3.42. The van der Waals surface area contributed by atoms with Crippen LogP contribution in [0.5, 0.6) is 0 Å². The van der Waals surface area contributed by atoms with Crippen LogP contribution in [0.1, 0.15) is 0 Å². The van der Waals surface area contributed by atoms with Crippen molar-refractivity contribution in [1.29, 1.82) is 0 Å². The lowest BCUT2D eigenvalue weighted by atomic mass is 10.5. The van der Waals surface area contributed by atoms with Crippen molar-refractivity contribution in [1.82, 2.24) is 19.9 Å². The number of hydrogen-bond donors (Lipinski definition) is 1. The minimum Gasteiger partial charge on any atom is -0.341 e. The molecule has 0 atom stereocenters. The molecule has 2 heterocycles. The smallest absolute Gasteiger partial charge is 0.179 e. The molecule has 11 heavy (non-hydrogen) atoms. The number of hydrogen-bond acceptors (Lipinski definition) is 4. The van der Waals surface area contributed by atoms with E-state index in [0.717, 1.165) is 5.52 Å². The van der Waals surface area contributed by atoms with E-state index in [1.54, 1.807) is 12.4 Å². The molecule has 5 heteroatoms. The van der Waals surface area contributed by atoms with Crippen LogP contribution in [0.4, 0.5) is 0 Å². The molecule has 0 aliphatic rings. The summed E-state index contributed by atoms with van der Waals surface area (Å²) in [6.45, 7) is 0. The van der Waals surface area contributed by atoms with E-state index in [0.29, 0.717) is 10.3 Å². The van der Waals surface area contributed by atoms with Crippen molar-refractivity contribution >= 4 is 23.4 Å². The van der Waals surface area contributed by atoms with Crippen LogP contribution in [-0.2, 0) is 0 Å². The number of aromatic nitrogens is 4. The van der Waals surface area contributed by atoms with Gasteiger partial charge in [-0.05, 0) is 0 Å². The summed E-state index contributed by atoms with van der Waals surface area (Å²) in [5.41, 5.74) is 1.40. The predicted molar refractivity (Wildman–Crippen MR) is 42.5 cm³/mol. The molecule has 0 aliphatic heterocycles. The molecule has 0 fully saturated rings. The molecule has 0 saturated heterocycles. The van der Waals surface area contributed by atoms with Crippen LogP contribution in [0, 0.1) is 4.64 Å². The predicted octanol–water partition coefficient (Wildman–Crippen LogP) is 1.08. The van der Waals surface area contributed by atoms with Gasteiger partial charge < -0.3 is 4.98 Å². The summed E-state index contributed by atoms with van der Waals surface area (Å²) in [7, 11) is 0. The van der Waals surface area contributed by atoms with Gasteiger partial charge in [-0.2, -0.15) is 0 Å². The highest BCUT2D eigenvalue weighted by Crippen LogP contribution is 2.00. The van der Waals surface area contributed by atoms with Crippen LogP contribution in [-0.4, -0.2) is 19.9 Å². The maximum atomic E-state index is 4.87. The molecule has 4 nitrogen and oxygen atoms in total. The Hall–Kier alpha value is -1.36. The molecule has 0 unspecified atom stereocenters. The fraction of sp³-hybridized carbons (Fsp3) is 0. The van der Waals surface area contributed by atoms with Crippen molar-refractivity contribution in [2.24, 2.45) is 0 Å².